The van der Waals surface area contributed by atoms with E-state index in [1.54, 1.807) is 4.31 Å². The van der Waals surface area contributed by atoms with Crippen molar-refractivity contribution >= 4 is 22.4 Å². The van der Waals surface area contributed by atoms with Crippen LogP contribution in [0.1, 0.15) is 25.7 Å². The van der Waals surface area contributed by atoms with Gasteiger partial charge in [-0.25, -0.2) is 12.7 Å². The Hall–Kier alpha value is 0.120. The third-order valence-electron chi connectivity index (χ3n) is 3.62. The fourth-order valence-electron chi connectivity index (χ4n) is 2.50. The molecule has 2 saturated heterocycles. The van der Waals surface area contributed by atoms with E-state index in [4.69, 9.17) is 4.74 Å². The SMILES string of the molecule is CNC1CCN(S(=O)(=O)CC2CCCCO2)C1.Cl. The summed E-state index contributed by atoms with van der Waals surface area (Å²) >= 11 is 0. The maximum absolute atomic E-state index is 12.2. The highest BCUT2D eigenvalue weighted by Gasteiger charge is 2.33. The number of nitrogens with zero attached hydrogens (tertiary/aromatic N) is 1. The predicted octanol–water partition coefficient (Wildman–Crippen LogP) is 0.601. The summed E-state index contributed by atoms with van der Waals surface area (Å²) in [5, 5.41) is 3.13. The van der Waals surface area contributed by atoms with Gasteiger partial charge in [-0.1, -0.05) is 0 Å². The molecule has 0 saturated carbocycles. The largest absolute Gasteiger partial charge is 0.377 e. The van der Waals surface area contributed by atoms with E-state index in [1.807, 2.05) is 7.05 Å². The first kappa shape index (κ1) is 16.2. The number of sulfonamides is 1. The van der Waals surface area contributed by atoms with E-state index in [-0.39, 0.29) is 24.3 Å². The van der Waals surface area contributed by atoms with Crippen LogP contribution in [0.4, 0.5) is 0 Å². The molecular weight excluding hydrogens is 276 g/mol. The maximum Gasteiger partial charge on any atom is 0.216 e. The molecule has 2 unspecified atom stereocenters. The van der Waals surface area contributed by atoms with Gasteiger partial charge in [-0.2, -0.15) is 0 Å². The van der Waals surface area contributed by atoms with Crippen molar-refractivity contribution < 1.29 is 13.2 Å². The number of halogens is 1. The minimum atomic E-state index is -3.13. The van der Waals surface area contributed by atoms with Crippen LogP contribution in [-0.4, -0.2) is 57.4 Å². The third-order valence-corrected chi connectivity index (χ3v) is 5.53. The van der Waals surface area contributed by atoms with E-state index < -0.39 is 10.0 Å². The van der Waals surface area contributed by atoms with Crippen molar-refractivity contribution in [2.45, 2.75) is 37.8 Å². The average molecular weight is 299 g/mol. The van der Waals surface area contributed by atoms with Crippen LogP contribution in [0.2, 0.25) is 0 Å². The number of hydrogen-bond donors (Lipinski definition) is 1. The molecule has 7 heteroatoms. The number of nitrogens with one attached hydrogen (secondary N) is 1. The summed E-state index contributed by atoms with van der Waals surface area (Å²) in [5.41, 5.74) is 0. The van der Waals surface area contributed by atoms with Gasteiger partial charge >= 0.3 is 0 Å². The van der Waals surface area contributed by atoms with E-state index in [1.165, 1.54) is 0 Å². The van der Waals surface area contributed by atoms with Crippen LogP contribution in [0.15, 0.2) is 0 Å². The summed E-state index contributed by atoms with van der Waals surface area (Å²) in [6.07, 6.45) is 3.83. The highest BCUT2D eigenvalue weighted by Crippen LogP contribution is 2.19. The summed E-state index contributed by atoms with van der Waals surface area (Å²) < 4.78 is 31.5. The second kappa shape index (κ2) is 7.05. The molecule has 0 bridgehead atoms. The molecule has 0 radical (unpaired) electrons. The fourth-order valence-corrected chi connectivity index (χ4v) is 4.23. The molecule has 1 N–H and O–H groups in total. The van der Waals surface area contributed by atoms with Gasteiger partial charge in [0.25, 0.3) is 0 Å². The van der Waals surface area contributed by atoms with Gasteiger partial charge in [0, 0.05) is 25.7 Å². The molecule has 2 atom stereocenters. The van der Waals surface area contributed by atoms with Crippen molar-refractivity contribution in [2.24, 2.45) is 0 Å². The molecule has 0 aromatic rings. The second-order valence-corrected chi connectivity index (χ2v) is 6.91. The lowest BCUT2D eigenvalue weighted by Gasteiger charge is -2.25. The first-order valence-electron chi connectivity index (χ1n) is 6.38. The van der Waals surface area contributed by atoms with E-state index >= 15 is 0 Å². The first-order chi connectivity index (χ1) is 8.12. The molecule has 0 aliphatic carbocycles. The Labute approximate surface area is 116 Å². The lowest BCUT2D eigenvalue weighted by atomic mass is 10.1. The van der Waals surface area contributed by atoms with Crippen molar-refractivity contribution in [3.05, 3.63) is 0 Å². The fraction of sp³-hybridized carbons (Fsp3) is 1.00. The normalized spacial score (nSPS) is 30.1. The standard InChI is InChI=1S/C11H22N2O3S.ClH/c1-12-10-5-6-13(8-10)17(14,15)9-11-4-2-3-7-16-11;/h10-12H,2-9H2,1H3;1H. The monoisotopic (exact) mass is 298 g/mol. The van der Waals surface area contributed by atoms with Crippen molar-refractivity contribution in [2.75, 3.05) is 32.5 Å². The third kappa shape index (κ3) is 4.06. The predicted molar refractivity (Wildman–Crippen MR) is 73.7 cm³/mol. The van der Waals surface area contributed by atoms with Crippen LogP contribution in [0.5, 0.6) is 0 Å². The summed E-state index contributed by atoms with van der Waals surface area (Å²) in [6.45, 7) is 1.95. The zero-order chi connectivity index (χ0) is 12.3. The Bertz CT molecular complexity index is 344. The minimum Gasteiger partial charge on any atom is -0.377 e. The molecular formula is C11H23ClN2O3S. The molecule has 0 amide bonds. The molecule has 2 fully saturated rings. The highest BCUT2D eigenvalue weighted by molar-refractivity contribution is 7.89. The quantitative estimate of drug-likeness (QED) is 0.826. The molecule has 2 heterocycles. The number of rotatable bonds is 4. The summed E-state index contributed by atoms with van der Waals surface area (Å²) in [4.78, 5) is 0. The molecule has 2 rings (SSSR count). The van der Waals surface area contributed by atoms with Crippen molar-refractivity contribution in [1.82, 2.24) is 9.62 Å². The average Bonchev–Trinajstić information content (AvgIpc) is 2.79. The zero-order valence-corrected chi connectivity index (χ0v) is 12.4. The van der Waals surface area contributed by atoms with Gasteiger partial charge in [-0.05, 0) is 32.7 Å². The van der Waals surface area contributed by atoms with Crippen LogP contribution < -0.4 is 5.32 Å². The lowest BCUT2D eigenvalue weighted by Crippen LogP contribution is -2.39. The lowest BCUT2D eigenvalue weighted by molar-refractivity contribution is 0.0299. The molecule has 5 nitrogen and oxygen atoms in total. The summed E-state index contributed by atoms with van der Waals surface area (Å²) in [5.74, 6) is 0.156. The van der Waals surface area contributed by atoms with Crippen molar-refractivity contribution in [3.63, 3.8) is 0 Å². The topological polar surface area (TPSA) is 58.6 Å². The molecule has 0 spiro atoms. The maximum atomic E-state index is 12.2. The van der Waals surface area contributed by atoms with E-state index in [0.29, 0.717) is 25.7 Å². The van der Waals surface area contributed by atoms with Crippen LogP contribution in [-0.2, 0) is 14.8 Å². The van der Waals surface area contributed by atoms with Crippen molar-refractivity contribution in [1.29, 1.82) is 0 Å². The molecule has 18 heavy (non-hydrogen) atoms. The Kier molecular flexibility index (Phi) is 6.34. The molecule has 0 aromatic heterocycles. The number of hydrogen-bond acceptors (Lipinski definition) is 4. The van der Waals surface area contributed by atoms with Gasteiger partial charge in [-0.15, -0.1) is 12.4 Å². The molecule has 2 aliphatic rings. The van der Waals surface area contributed by atoms with E-state index in [2.05, 4.69) is 5.32 Å². The smallest absolute Gasteiger partial charge is 0.216 e. The van der Waals surface area contributed by atoms with Gasteiger partial charge in [0.05, 0.1) is 11.9 Å². The Morgan fingerprint density at radius 2 is 2.11 bits per heavy atom. The Morgan fingerprint density at radius 3 is 2.67 bits per heavy atom. The molecule has 108 valence electrons. The second-order valence-electron chi connectivity index (χ2n) is 4.90. The van der Waals surface area contributed by atoms with E-state index in [9.17, 15) is 8.42 Å². The highest BCUT2D eigenvalue weighted by atomic mass is 35.5. The van der Waals surface area contributed by atoms with Gasteiger partial charge in [0.15, 0.2) is 0 Å². The van der Waals surface area contributed by atoms with Gasteiger partial charge in [0.2, 0.25) is 10.0 Å². The number of likely N-dealkylation sites (N-methyl/N-ethyl adjacent to an activating group) is 1. The van der Waals surface area contributed by atoms with Crippen LogP contribution in [0.25, 0.3) is 0 Å². The van der Waals surface area contributed by atoms with Crippen LogP contribution >= 0.6 is 12.4 Å². The first-order valence-corrected chi connectivity index (χ1v) is 7.99. The molecule has 0 aromatic carbocycles. The van der Waals surface area contributed by atoms with E-state index in [0.717, 1.165) is 25.7 Å². The summed E-state index contributed by atoms with van der Waals surface area (Å²) in [7, 11) is -1.25. The molecule has 2 aliphatic heterocycles. The minimum absolute atomic E-state index is 0. The van der Waals surface area contributed by atoms with Gasteiger partial charge in [-0.3, -0.25) is 0 Å². The van der Waals surface area contributed by atoms with Gasteiger partial charge < -0.3 is 10.1 Å². The van der Waals surface area contributed by atoms with Crippen LogP contribution in [0.3, 0.4) is 0 Å². The number of ether oxygens (including phenoxy) is 1. The summed E-state index contributed by atoms with van der Waals surface area (Å²) in [6, 6.07) is 0.303. The van der Waals surface area contributed by atoms with Crippen LogP contribution in [0, 0.1) is 0 Å². The Morgan fingerprint density at radius 1 is 1.33 bits per heavy atom. The van der Waals surface area contributed by atoms with Crippen molar-refractivity contribution in [3.8, 4) is 0 Å². The zero-order valence-electron chi connectivity index (χ0n) is 10.8. The Balaban J connectivity index is 0.00000162. The van der Waals surface area contributed by atoms with Gasteiger partial charge in [0.1, 0.15) is 0 Å².